The number of carbonyl (C=O) groups excluding carboxylic acids is 3. The molecule has 3 aromatic heterocycles. The van der Waals surface area contributed by atoms with Crippen molar-refractivity contribution in [2.45, 2.75) is 212 Å². The van der Waals surface area contributed by atoms with Crippen LogP contribution in [0.2, 0.25) is 0 Å². The molecule has 21 nitrogen and oxygen atoms in total. The molecule has 3 aliphatic rings. The first-order valence-corrected chi connectivity index (χ1v) is 39.1. The van der Waals surface area contributed by atoms with Gasteiger partial charge in [-0.15, -0.1) is 52.7 Å². The third-order valence-corrected chi connectivity index (χ3v) is 20.5. The zero-order valence-electron chi connectivity index (χ0n) is 73.6. The molecule has 0 spiro atoms. The number of hydrogen-bond acceptors (Lipinski definition) is 17. The van der Waals surface area contributed by atoms with Gasteiger partial charge in [0, 0.05) is 76.5 Å². The van der Waals surface area contributed by atoms with E-state index in [9.17, 15) is 86.2 Å². The summed E-state index contributed by atoms with van der Waals surface area (Å²) in [7, 11) is 45.1. The standard InChI is InChI=1S/C16H14F3NO4.C16H14F3NO3.C14H16BF3O4.C12H24B2O4.C8H4BrF3O2.C8H10BrNO.C2H6.2CH4.3B4/c1-8-9(2)14(21)20(3)7-12(8)10-4-5-11(15(22)23)13(6-10)24-16(17,18)19;1-9-10(2)15(22)20(3)7-13(9)11-4-5-12(8-21)14(6-11)23-16(17,18)19;1-12(2)13(3,4)22-15(21-12)10-6-5-9(8-19)11(7-10)20-14(16,17)18;1-9(2)10(3,4)16-13(15-9)14-17-11(5,6)12(7,8)18-14;9-6-2-1-5(4-13)7(3-6)14-8(10,11)12;1-5-6(2)8(11)10(3)4-7(5)9;1-2;;;3*1-4(2)3/h4-7H,1-3H3,(H,22,23);4-8H,1-3H3;5-8H,1-4H3;1-8H3;1-4H;4H,1-3H3;1-2H3;2*1H4;;;/q;;;;;;;;;-3;-2;-1. The van der Waals surface area contributed by atoms with Crippen LogP contribution in [0.3, 0.4) is 0 Å². The molecule has 680 valence electrons. The minimum atomic E-state index is -5.02. The first kappa shape index (κ1) is 122. The molecule has 10 rings (SSSR count). The number of aryl methyl sites for hydroxylation is 3. The lowest BCUT2D eigenvalue weighted by Gasteiger charge is -2.46. The summed E-state index contributed by atoms with van der Waals surface area (Å²) in [6, 6.07) is 14.9. The smallest absolute Gasteiger partial charge is 0.573 e. The second kappa shape index (κ2) is 50.2. The largest absolute Gasteiger partial charge is 0.767 e. The van der Waals surface area contributed by atoms with E-state index in [2.05, 4.69) is 120 Å². The molecule has 0 amide bonds. The number of carboxylic acid groups (broad SMARTS) is 1. The number of aldehydes is 3. The summed E-state index contributed by atoms with van der Waals surface area (Å²) in [6.07, 6.45) is -15.9. The van der Waals surface area contributed by atoms with Crippen LogP contribution in [0.25, 0.3) is 22.3 Å². The Bertz CT molecular complexity index is 4940. The van der Waals surface area contributed by atoms with E-state index in [1.807, 2.05) is 111 Å². The molecule has 4 aromatic carbocycles. The van der Waals surface area contributed by atoms with Crippen LogP contribution in [-0.4, -0.2) is 213 Å². The van der Waals surface area contributed by atoms with Crippen LogP contribution in [0, 0.1) is 41.5 Å². The zero-order valence-corrected chi connectivity index (χ0v) is 76.7. The highest BCUT2D eigenvalue weighted by atomic mass is 79.9. The molecular weight excluding hydrogens is 1820 g/mol. The quantitative estimate of drug-likeness (QED) is 0.0678. The van der Waals surface area contributed by atoms with Crippen LogP contribution in [-0.2, 0) is 49.1 Å². The highest BCUT2D eigenvalue weighted by molar-refractivity contribution is 9.10. The predicted molar refractivity (Wildman–Crippen MR) is 494 cm³/mol. The number of carboxylic acids is 1. The summed E-state index contributed by atoms with van der Waals surface area (Å²) in [6.45, 7) is 37.9. The van der Waals surface area contributed by atoms with Crippen LogP contribution in [0.1, 0.15) is 187 Å². The highest BCUT2D eigenvalue weighted by Gasteiger charge is 2.64. The normalized spacial score (nSPS) is 14.9. The van der Waals surface area contributed by atoms with Crippen LogP contribution < -0.4 is 41.1 Å². The maximum Gasteiger partial charge on any atom is 0.573 e. The van der Waals surface area contributed by atoms with Crippen molar-refractivity contribution in [3.63, 3.8) is 0 Å². The van der Waals surface area contributed by atoms with Gasteiger partial charge in [0.05, 0.1) is 50.3 Å². The van der Waals surface area contributed by atoms with E-state index in [1.165, 1.54) is 71.0 Å². The summed E-state index contributed by atoms with van der Waals surface area (Å²) in [4.78, 5) is 78.2. The summed E-state index contributed by atoms with van der Waals surface area (Å²) < 4.78 is 204. The van der Waals surface area contributed by atoms with Crippen LogP contribution in [0.4, 0.5) is 52.7 Å². The van der Waals surface area contributed by atoms with E-state index in [0.29, 0.717) is 73.3 Å². The van der Waals surface area contributed by atoms with E-state index in [1.54, 1.807) is 52.6 Å². The fourth-order valence-electron chi connectivity index (χ4n) is 10.4. The Hall–Kier alpha value is -7.74. The minimum absolute atomic E-state index is 0. The number of aromatic nitrogens is 3. The molecule has 7 aromatic rings. The molecule has 0 unspecified atom stereocenters. The molecule has 1 N–H and O–H groups in total. The van der Waals surface area contributed by atoms with E-state index in [0.717, 1.165) is 45.9 Å². The van der Waals surface area contributed by atoms with E-state index < -0.39 is 111 Å². The van der Waals surface area contributed by atoms with Gasteiger partial charge >= 0.3 is 52.6 Å². The molecule has 3 saturated heterocycles. The molecule has 128 heavy (non-hydrogen) atoms. The lowest BCUT2D eigenvalue weighted by Crippen LogP contribution is -2.41. The second-order valence-electron chi connectivity index (χ2n) is 30.4. The third kappa shape index (κ3) is 37.9. The Morgan fingerprint density at radius 3 is 1.01 bits per heavy atom. The SMILES string of the molecule is C.C.CC.CC1(C)OB(B2OC(C)(C)C(C)(C)O2)OC1(C)C.CC1(C)OB(c2ccc(C=O)c(OC(F)(F)F)c2)OC1(C)C.Cc1c(-c2ccc(C(=O)O)c(OC(F)(F)F)c2)cn(C)c(=O)c1C.Cc1c(-c2ccc(C=O)c(OC(F)(F)F)c2)cn(C)c(=O)c1C.Cc1c(Br)cn(C)c(=O)c1C.O=Cc1ccc(Br)cc1OC(F)(F)F.[B-]B([B-])[B-].[B]B([B-])[B-].[B]B([B])[B-]. The summed E-state index contributed by atoms with van der Waals surface area (Å²) in [5.41, 5.74) is 2.08. The number of benzene rings is 4. The van der Waals surface area contributed by atoms with Crippen LogP contribution in [0.5, 0.6) is 23.0 Å². The second-order valence-corrected chi connectivity index (χ2v) is 32.2. The van der Waals surface area contributed by atoms with Crippen LogP contribution >= 0.6 is 31.9 Å². The molecule has 3 fully saturated rings. The van der Waals surface area contributed by atoms with Gasteiger partial charge in [-0.2, -0.15) is 0 Å². The first-order chi connectivity index (χ1) is 57.1. The van der Waals surface area contributed by atoms with Gasteiger partial charge in [0.2, 0.25) is 0 Å². The van der Waals surface area contributed by atoms with Crippen LogP contribution in [0.15, 0.2) is 115 Å². The molecule has 6 heterocycles. The van der Waals surface area contributed by atoms with Gasteiger partial charge < -0.3 is 125 Å². The van der Waals surface area contributed by atoms with E-state index in [-0.39, 0.29) is 70.6 Å². The summed E-state index contributed by atoms with van der Waals surface area (Å²) in [5, 5.41) is 9.01. The number of aromatic carboxylic acids is 1. The summed E-state index contributed by atoms with van der Waals surface area (Å²) >= 11 is 6.34. The Balaban J connectivity index is 0. The monoisotopic (exact) mass is 1910 g/mol. The van der Waals surface area contributed by atoms with Crippen molar-refractivity contribution in [2.75, 3.05) is 0 Å². The number of hydrogen-bond donors (Lipinski definition) is 1. The van der Waals surface area contributed by atoms with Crippen molar-refractivity contribution in [2.24, 2.45) is 21.1 Å². The van der Waals surface area contributed by atoms with Crippen molar-refractivity contribution in [3.8, 4) is 45.3 Å². The topological polar surface area (TPSA) is 247 Å². The van der Waals surface area contributed by atoms with Gasteiger partial charge in [0.15, 0.2) is 18.9 Å². The lowest BCUT2D eigenvalue weighted by molar-refractivity contribution is -0.275. The number of nitrogens with zero attached hydrogens (tertiary/aromatic N) is 3. The van der Waals surface area contributed by atoms with Crippen molar-refractivity contribution in [1.29, 1.82) is 0 Å². The number of alkyl halides is 12. The average molecular weight is 1910 g/mol. The van der Waals surface area contributed by atoms with Crippen molar-refractivity contribution < 1.29 is 124 Å². The van der Waals surface area contributed by atoms with Gasteiger partial charge in [0.25, 0.3) is 16.7 Å². The number of carbonyl (C=O) groups is 4. The number of ether oxygens (including phenoxy) is 4. The summed E-state index contributed by atoms with van der Waals surface area (Å²) in [5.74, 6) is -4.00. The Labute approximate surface area is 770 Å². The molecular formula is C78H96B15Br2F12N3O18-6. The van der Waals surface area contributed by atoms with Crippen molar-refractivity contribution >= 4 is 172 Å². The van der Waals surface area contributed by atoms with Crippen molar-refractivity contribution in [1.82, 2.24) is 13.7 Å². The predicted octanol–water partition coefficient (Wildman–Crippen LogP) is 14.2. The lowest BCUT2D eigenvalue weighted by atomic mass is 9.08. The maximum atomic E-state index is 12.5. The first-order valence-electron chi connectivity index (χ1n) is 37.5. The van der Waals surface area contributed by atoms with Crippen molar-refractivity contribution in [3.05, 3.63) is 187 Å². The molecule has 24 radical (unpaired) electrons. The van der Waals surface area contributed by atoms with Gasteiger partial charge in [-0.05, 0) is 244 Å². The highest BCUT2D eigenvalue weighted by Crippen LogP contribution is 2.44. The zero-order chi connectivity index (χ0) is 98.4. The molecule has 0 atom stereocenters. The fourth-order valence-corrected chi connectivity index (χ4v) is 11.3. The molecule has 3 aliphatic heterocycles. The van der Waals surface area contributed by atoms with Gasteiger partial charge in [-0.25, -0.2) is 11.2 Å². The minimum Gasteiger partial charge on any atom is -0.767 e. The average Bonchev–Trinajstić information content (AvgIpc) is 1.58. The van der Waals surface area contributed by atoms with Gasteiger partial charge in [0.1, 0.15) is 28.6 Å². The Kier molecular flexibility index (Phi) is 48.0. The third-order valence-electron chi connectivity index (χ3n) is 19.2. The Morgan fingerprint density at radius 1 is 0.438 bits per heavy atom. The number of halogens is 14. The fraction of sp³-hybridized carbons (Fsp3) is 0.449. The number of rotatable bonds is 12. The molecule has 0 saturated carbocycles. The van der Waals surface area contributed by atoms with E-state index >= 15 is 0 Å². The van der Waals surface area contributed by atoms with Gasteiger partial charge in [-0.1, -0.05) is 70.6 Å². The van der Waals surface area contributed by atoms with E-state index in [4.69, 9.17) is 33.0 Å². The molecule has 0 aliphatic carbocycles. The molecule has 0 bridgehead atoms. The number of pyridine rings is 3. The maximum absolute atomic E-state index is 12.5. The molecule has 50 heteroatoms. The van der Waals surface area contributed by atoms with Gasteiger partial charge in [-0.3, -0.25) is 28.8 Å². The Morgan fingerprint density at radius 2 is 0.695 bits per heavy atom.